The van der Waals surface area contributed by atoms with Crippen LogP contribution in [0.1, 0.15) is 32.4 Å². The second-order valence-electron chi connectivity index (χ2n) is 4.52. The highest BCUT2D eigenvalue weighted by atomic mass is 79.9. The summed E-state index contributed by atoms with van der Waals surface area (Å²) in [6, 6.07) is 7.82. The van der Waals surface area contributed by atoms with Crippen LogP contribution in [0.3, 0.4) is 0 Å². The van der Waals surface area contributed by atoms with E-state index in [4.69, 9.17) is 0 Å². The van der Waals surface area contributed by atoms with Crippen LogP contribution in [0, 0.1) is 5.92 Å². The predicted molar refractivity (Wildman–Crippen MR) is 73.9 cm³/mol. The van der Waals surface area contributed by atoms with Crippen LogP contribution in [0.15, 0.2) is 28.7 Å². The van der Waals surface area contributed by atoms with Crippen LogP contribution in [0.2, 0.25) is 0 Å². The maximum Gasteiger partial charge on any atom is 0.315 e. The van der Waals surface area contributed by atoms with Crippen molar-refractivity contribution in [2.24, 2.45) is 5.92 Å². The summed E-state index contributed by atoms with van der Waals surface area (Å²) in [5.74, 6) is 0.460. The Bertz CT molecular complexity index is 379. The van der Waals surface area contributed by atoms with Gasteiger partial charge in [-0.2, -0.15) is 0 Å². The number of nitrogens with one attached hydrogen (secondary N) is 2. The van der Waals surface area contributed by atoms with E-state index in [1.807, 2.05) is 31.2 Å². The van der Waals surface area contributed by atoms with Crippen LogP contribution in [0.5, 0.6) is 0 Å². The van der Waals surface area contributed by atoms with E-state index in [0.29, 0.717) is 12.5 Å². The van der Waals surface area contributed by atoms with Gasteiger partial charge in [0.1, 0.15) is 0 Å². The molecule has 1 aromatic rings. The summed E-state index contributed by atoms with van der Waals surface area (Å²) in [4.78, 5) is 11.6. The van der Waals surface area contributed by atoms with Crippen molar-refractivity contribution in [3.05, 3.63) is 34.3 Å². The lowest BCUT2D eigenvalue weighted by Gasteiger charge is -2.16. The van der Waals surface area contributed by atoms with Crippen molar-refractivity contribution in [2.45, 2.75) is 26.8 Å². The van der Waals surface area contributed by atoms with Crippen LogP contribution in [-0.4, -0.2) is 12.6 Å². The van der Waals surface area contributed by atoms with Gasteiger partial charge in [-0.05, 0) is 30.5 Å². The van der Waals surface area contributed by atoms with Crippen LogP contribution in [-0.2, 0) is 0 Å². The molecule has 1 rings (SSSR count). The van der Waals surface area contributed by atoms with Crippen LogP contribution in [0.25, 0.3) is 0 Å². The minimum atomic E-state index is -0.119. The molecule has 1 aromatic carbocycles. The van der Waals surface area contributed by atoms with E-state index in [0.717, 1.165) is 10.0 Å². The van der Waals surface area contributed by atoms with E-state index in [2.05, 4.69) is 40.4 Å². The molecule has 0 aliphatic rings. The van der Waals surface area contributed by atoms with Gasteiger partial charge >= 0.3 is 6.03 Å². The largest absolute Gasteiger partial charge is 0.338 e. The summed E-state index contributed by atoms with van der Waals surface area (Å²) in [6.07, 6.45) is 0. The van der Waals surface area contributed by atoms with E-state index in [1.165, 1.54) is 0 Å². The van der Waals surface area contributed by atoms with Crippen LogP contribution < -0.4 is 10.6 Å². The normalized spacial score (nSPS) is 12.3. The highest BCUT2D eigenvalue weighted by Crippen LogP contribution is 2.17. The van der Waals surface area contributed by atoms with Gasteiger partial charge < -0.3 is 10.6 Å². The Balaban J connectivity index is 2.48. The van der Waals surface area contributed by atoms with Gasteiger partial charge in [0, 0.05) is 11.0 Å². The third-order valence-corrected chi connectivity index (χ3v) is 2.86. The summed E-state index contributed by atoms with van der Waals surface area (Å²) in [7, 11) is 0. The SMILES string of the molecule is CC(C)CNC(=O)N[C@H](C)c1cccc(Br)c1. The summed E-state index contributed by atoms with van der Waals surface area (Å²) in [6.45, 7) is 6.80. The topological polar surface area (TPSA) is 41.1 Å². The molecule has 3 nitrogen and oxygen atoms in total. The lowest BCUT2D eigenvalue weighted by Crippen LogP contribution is -2.38. The summed E-state index contributed by atoms with van der Waals surface area (Å²) in [5.41, 5.74) is 1.08. The molecule has 0 heterocycles. The molecule has 17 heavy (non-hydrogen) atoms. The molecular weight excluding hydrogens is 280 g/mol. The number of benzene rings is 1. The number of carbonyl (C=O) groups is 1. The Morgan fingerprint density at radius 2 is 2.06 bits per heavy atom. The van der Waals surface area contributed by atoms with Gasteiger partial charge in [0.05, 0.1) is 6.04 Å². The first-order valence-electron chi connectivity index (χ1n) is 5.79. The van der Waals surface area contributed by atoms with Crippen molar-refractivity contribution in [1.82, 2.24) is 10.6 Å². The highest BCUT2D eigenvalue weighted by Gasteiger charge is 2.09. The number of carbonyl (C=O) groups excluding carboxylic acids is 1. The zero-order valence-electron chi connectivity index (χ0n) is 10.5. The van der Waals surface area contributed by atoms with Crippen molar-refractivity contribution >= 4 is 22.0 Å². The molecule has 0 bridgehead atoms. The lowest BCUT2D eigenvalue weighted by molar-refractivity contribution is 0.236. The zero-order chi connectivity index (χ0) is 12.8. The van der Waals surface area contributed by atoms with Crippen molar-refractivity contribution in [2.75, 3.05) is 6.54 Å². The van der Waals surface area contributed by atoms with E-state index in [1.54, 1.807) is 0 Å². The molecule has 0 saturated carbocycles. The highest BCUT2D eigenvalue weighted by molar-refractivity contribution is 9.10. The minimum Gasteiger partial charge on any atom is -0.338 e. The van der Waals surface area contributed by atoms with Gasteiger partial charge in [0.25, 0.3) is 0 Å². The zero-order valence-corrected chi connectivity index (χ0v) is 12.0. The quantitative estimate of drug-likeness (QED) is 0.878. The van der Waals surface area contributed by atoms with Crippen molar-refractivity contribution < 1.29 is 4.79 Å². The maximum atomic E-state index is 11.6. The average Bonchev–Trinajstić information content (AvgIpc) is 2.26. The third kappa shape index (κ3) is 5.22. The fraction of sp³-hybridized carbons (Fsp3) is 0.462. The van der Waals surface area contributed by atoms with Crippen molar-refractivity contribution in [3.8, 4) is 0 Å². The molecule has 0 radical (unpaired) electrons. The smallest absolute Gasteiger partial charge is 0.315 e. The Kier molecular flexibility index (Phi) is 5.48. The summed E-state index contributed by atoms with van der Waals surface area (Å²) in [5, 5.41) is 5.74. The minimum absolute atomic E-state index is 0.000313. The molecule has 2 amide bonds. The monoisotopic (exact) mass is 298 g/mol. The Morgan fingerprint density at radius 3 is 2.65 bits per heavy atom. The number of halogens is 1. The Morgan fingerprint density at radius 1 is 1.35 bits per heavy atom. The Labute approximate surface area is 111 Å². The standard InChI is InChI=1S/C13H19BrN2O/c1-9(2)8-15-13(17)16-10(3)11-5-4-6-12(14)7-11/h4-7,9-10H,8H2,1-3H3,(H2,15,16,17)/t10-/m1/s1. The molecular formula is C13H19BrN2O. The fourth-order valence-corrected chi connectivity index (χ4v) is 1.82. The van der Waals surface area contributed by atoms with Crippen molar-refractivity contribution in [1.29, 1.82) is 0 Å². The van der Waals surface area contributed by atoms with Gasteiger partial charge in [0.2, 0.25) is 0 Å². The van der Waals surface area contributed by atoms with Gasteiger partial charge in [-0.25, -0.2) is 4.79 Å². The molecule has 0 fully saturated rings. The summed E-state index contributed by atoms with van der Waals surface area (Å²) >= 11 is 3.42. The molecule has 0 spiro atoms. The first-order valence-corrected chi connectivity index (χ1v) is 6.58. The molecule has 0 unspecified atom stereocenters. The van der Waals surface area contributed by atoms with Crippen molar-refractivity contribution in [3.63, 3.8) is 0 Å². The fourth-order valence-electron chi connectivity index (χ4n) is 1.40. The molecule has 4 heteroatoms. The Hall–Kier alpha value is -1.03. The summed E-state index contributed by atoms with van der Waals surface area (Å²) < 4.78 is 1.02. The first-order chi connectivity index (χ1) is 7.99. The molecule has 0 aromatic heterocycles. The average molecular weight is 299 g/mol. The van der Waals surface area contributed by atoms with E-state index >= 15 is 0 Å². The second-order valence-corrected chi connectivity index (χ2v) is 5.44. The molecule has 1 atom stereocenters. The maximum absolute atomic E-state index is 11.6. The number of rotatable bonds is 4. The molecule has 94 valence electrons. The number of hydrogen-bond acceptors (Lipinski definition) is 1. The van der Waals surface area contributed by atoms with Gasteiger partial charge in [-0.15, -0.1) is 0 Å². The number of urea groups is 1. The molecule has 0 saturated heterocycles. The van der Waals surface area contributed by atoms with E-state index < -0.39 is 0 Å². The number of amides is 2. The molecule has 2 N–H and O–H groups in total. The van der Waals surface area contributed by atoms with Crippen LogP contribution >= 0.6 is 15.9 Å². The number of hydrogen-bond donors (Lipinski definition) is 2. The predicted octanol–water partition coefficient (Wildman–Crippen LogP) is 3.47. The third-order valence-electron chi connectivity index (χ3n) is 2.37. The van der Waals surface area contributed by atoms with E-state index in [-0.39, 0.29) is 12.1 Å². The molecule has 0 aliphatic heterocycles. The molecule has 0 aliphatic carbocycles. The van der Waals surface area contributed by atoms with Gasteiger partial charge in [0.15, 0.2) is 0 Å². The van der Waals surface area contributed by atoms with Crippen LogP contribution in [0.4, 0.5) is 4.79 Å². The van der Waals surface area contributed by atoms with E-state index in [9.17, 15) is 4.79 Å². The first kappa shape index (κ1) is 14.0. The second kappa shape index (κ2) is 6.64. The lowest BCUT2D eigenvalue weighted by atomic mass is 10.1. The van der Waals surface area contributed by atoms with Gasteiger partial charge in [-0.1, -0.05) is 41.9 Å². The van der Waals surface area contributed by atoms with Gasteiger partial charge in [-0.3, -0.25) is 0 Å².